The van der Waals surface area contributed by atoms with Gasteiger partial charge in [0, 0.05) is 5.33 Å². The van der Waals surface area contributed by atoms with Gasteiger partial charge in [-0.2, -0.15) is 0 Å². The summed E-state index contributed by atoms with van der Waals surface area (Å²) in [6.07, 6.45) is 1.74. The first-order valence-corrected chi connectivity index (χ1v) is 3.28. The molecule has 0 amide bonds. The Bertz CT molecular complexity index is 45.3. The van der Waals surface area contributed by atoms with Crippen molar-refractivity contribution < 1.29 is 4.74 Å². The molecule has 42 valence electrons. The van der Waals surface area contributed by atoms with Crippen LogP contribution >= 0.6 is 15.9 Å². The summed E-state index contributed by atoms with van der Waals surface area (Å²) >= 11 is 3.22. The first-order chi connectivity index (χ1) is 3.41. The van der Waals surface area contributed by atoms with Gasteiger partial charge in [-0.05, 0) is 0 Å². The lowest BCUT2D eigenvalue weighted by atomic mass is 10.7. The van der Waals surface area contributed by atoms with Crippen LogP contribution in [0.3, 0.4) is 0 Å². The van der Waals surface area contributed by atoms with Crippen molar-refractivity contribution in [1.82, 2.24) is 0 Å². The zero-order valence-corrected chi connectivity index (χ0v) is 5.78. The van der Waals surface area contributed by atoms with Crippen molar-refractivity contribution in [3.63, 3.8) is 0 Å². The Morgan fingerprint density at radius 2 is 2.43 bits per heavy atom. The van der Waals surface area contributed by atoms with E-state index < -0.39 is 0 Å². The third-order valence-electron chi connectivity index (χ3n) is 0.457. The molecule has 0 aliphatic carbocycles. The predicted octanol–water partition coefficient (Wildman–Crippen LogP) is 1.58. The highest BCUT2D eigenvalue weighted by Crippen LogP contribution is 1.80. The first kappa shape index (κ1) is 7.18. The molecule has 0 aliphatic heterocycles. The minimum absolute atomic E-state index is 0.658. The van der Waals surface area contributed by atoms with Gasteiger partial charge in [0.1, 0.15) is 0 Å². The van der Waals surface area contributed by atoms with E-state index in [9.17, 15) is 0 Å². The number of hydrogen-bond donors (Lipinski definition) is 0. The summed E-state index contributed by atoms with van der Waals surface area (Å²) in [7, 11) is 0. The van der Waals surface area contributed by atoms with Crippen LogP contribution in [0.5, 0.6) is 0 Å². The molecular weight excluding hydrogens is 156 g/mol. The lowest BCUT2D eigenvalue weighted by molar-refractivity contribution is 0.181. The Morgan fingerprint density at radius 3 is 2.86 bits per heavy atom. The monoisotopic (exact) mass is 164 g/mol. The quantitative estimate of drug-likeness (QED) is 0.349. The molecule has 1 nitrogen and oxygen atoms in total. The highest BCUT2D eigenvalue weighted by Gasteiger charge is 1.76. The molecule has 0 aliphatic rings. The summed E-state index contributed by atoms with van der Waals surface area (Å²) in [6.45, 7) is 4.92. The van der Waals surface area contributed by atoms with Gasteiger partial charge in [-0.3, -0.25) is 0 Å². The molecule has 0 fully saturated rings. The molecule has 0 spiro atoms. The maximum atomic E-state index is 4.97. The van der Waals surface area contributed by atoms with Gasteiger partial charge in [0.2, 0.25) is 0 Å². The highest BCUT2D eigenvalue weighted by molar-refractivity contribution is 9.09. The molecule has 7 heavy (non-hydrogen) atoms. The molecule has 0 saturated carbocycles. The Morgan fingerprint density at radius 1 is 1.71 bits per heavy atom. The van der Waals surface area contributed by atoms with E-state index in [1.54, 1.807) is 6.08 Å². The van der Waals surface area contributed by atoms with Crippen LogP contribution < -0.4 is 0 Å². The van der Waals surface area contributed by atoms with Crippen LogP contribution in [-0.4, -0.2) is 18.5 Å². The van der Waals surface area contributed by atoms with Crippen LogP contribution in [0, 0.1) is 0 Å². The van der Waals surface area contributed by atoms with Gasteiger partial charge in [-0.1, -0.05) is 22.0 Å². The van der Waals surface area contributed by atoms with Crippen molar-refractivity contribution in [2.75, 3.05) is 18.5 Å². The summed E-state index contributed by atoms with van der Waals surface area (Å²) in [5.41, 5.74) is 0. The number of rotatable bonds is 4. The molecule has 0 bridgehead atoms. The molecule has 0 rings (SSSR count). The molecule has 0 heterocycles. The van der Waals surface area contributed by atoms with E-state index in [1.807, 2.05) is 0 Å². The molecule has 0 N–H and O–H groups in total. The fourth-order valence-corrected chi connectivity index (χ4v) is 0.450. The Labute approximate surface area is 52.5 Å². The number of hydrogen-bond acceptors (Lipinski definition) is 1. The summed E-state index contributed by atoms with van der Waals surface area (Å²) < 4.78 is 4.97. The third kappa shape index (κ3) is 6.18. The van der Waals surface area contributed by atoms with Gasteiger partial charge in [0.25, 0.3) is 0 Å². The Kier molecular flexibility index (Phi) is 6.34. The van der Waals surface area contributed by atoms with E-state index in [4.69, 9.17) is 4.74 Å². The second-order valence-corrected chi connectivity index (χ2v) is 1.85. The second kappa shape index (κ2) is 6.18. The number of alkyl halides is 1. The number of ether oxygens (including phenoxy) is 1. The topological polar surface area (TPSA) is 9.23 Å². The lowest BCUT2D eigenvalue weighted by Gasteiger charge is -1.92. The Hall–Kier alpha value is 0.180. The second-order valence-electron chi connectivity index (χ2n) is 1.05. The summed E-state index contributed by atoms with van der Waals surface area (Å²) in [5.74, 6) is 0. The van der Waals surface area contributed by atoms with Crippen LogP contribution in [0.4, 0.5) is 0 Å². The van der Waals surface area contributed by atoms with E-state index in [2.05, 4.69) is 22.5 Å². The van der Waals surface area contributed by atoms with Gasteiger partial charge < -0.3 is 4.74 Å². The molecule has 0 radical (unpaired) electrons. The van der Waals surface area contributed by atoms with Crippen molar-refractivity contribution in [1.29, 1.82) is 0 Å². The molecule has 0 aromatic carbocycles. The minimum Gasteiger partial charge on any atom is -0.377 e. The van der Waals surface area contributed by atoms with Gasteiger partial charge >= 0.3 is 0 Å². The predicted molar refractivity (Wildman–Crippen MR) is 34.8 cm³/mol. The van der Waals surface area contributed by atoms with Crippen LogP contribution in [0.2, 0.25) is 0 Å². The minimum atomic E-state index is 0.658. The molecule has 0 unspecified atom stereocenters. The third-order valence-corrected chi connectivity index (χ3v) is 0.781. The standard InChI is InChI=1S/C5H9BrO/c1-2-4-7-5-3-6/h2H,1,3-5H2. The fourth-order valence-electron chi connectivity index (χ4n) is 0.221. The molecule has 0 aromatic heterocycles. The molecular formula is C5H9BrO. The first-order valence-electron chi connectivity index (χ1n) is 2.16. The average Bonchev–Trinajstić information content (AvgIpc) is 1.69. The van der Waals surface area contributed by atoms with Crippen LogP contribution in [0.1, 0.15) is 0 Å². The van der Waals surface area contributed by atoms with Gasteiger partial charge in [0.15, 0.2) is 0 Å². The van der Waals surface area contributed by atoms with E-state index in [0.717, 1.165) is 11.9 Å². The van der Waals surface area contributed by atoms with Crippen molar-refractivity contribution in [3.8, 4) is 0 Å². The summed E-state index contributed by atoms with van der Waals surface area (Å²) in [4.78, 5) is 0. The van der Waals surface area contributed by atoms with Crippen molar-refractivity contribution in [3.05, 3.63) is 12.7 Å². The molecule has 0 atom stereocenters. The SMILES string of the molecule is C=CCOCCBr. The zero-order valence-electron chi connectivity index (χ0n) is 4.19. The maximum absolute atomic E-state index is 4.97. The van der Waals surface area contributed by atoms with Gasteiger partial charge in [0.05, 0.1) is 13.2 Å². The highest BCUT2D eigenvalue weighted by atomic mass is 79.9. The van der Waals surface area contributed by atoms with Gasteiger partial charge in [-0.15, -0.1) is 6.58 Å². The Balaban J connectivity index is 2.56. The molecule has 2 heteroatoms. The van der Waals surface area contributed by atoms with E-state index >= 15 is 0 Å². The van der Waals surface area contributed by atoms with Crippen molar-refractivity contribution in [2.45, 2.75) is 0 Å². The molecule has 0 saturated heterocycles. The van der Waals surface area contributed by atoms with Crippen molar-refractivity contribution >= 4 is 15.9 Å². The van der Waals surface area contributed by atoms with Crippen LogP contribution in [-0.2, 0) is 4.74 Å². The van der Waals surface area contributed by atoms with Gasteiger partial charge in [-0.25, -0.2) is 0 Å². The average molecular weight is 165 g/mol. The van der Waals surface area contributed by atoms with Crippen molar-refractivity contribution in [2.24, 2.45) is 0 Å². The lowest BCUT2D eigenvalue weighted by Crippen LogP contribution is -1.93. The normalized spacial score (nSPS) is 8.71. The summed E-state index contributed by atoms with van der Waals surface area (Å²) in [5, 5.41) is 0.904. The van der Waals surface area contributed by atoms with E-state index in [0.29, 0.717) is 6.61 Å². The maximum Gasteiger partial charge on any atom is 0.0645 e. The van der Waals surface area contributed by atoms with Crippen LogP contribution in [0.15, 0.2) is 12.7 Å². The number of halogens is 1. The van der Waals surface area contributed by atoms with Crippen LogP contribution in [0.25, 0.3) is 0 Å². The molecule has 0 aromatic rings. The van der Waals surface area contributed by atoms with E-state index in [1.165, 1.54) is 0 Å². The van der Waals surface area contributed by atoms with E-state index in [-0.39, 0.29) is 0 Å². The smallest absolute Gasteiger partial charge is 0.0645 e. The summed E-state index contributed by atoms with van der Waals surface area (Å²) in [6, 6.07) is 0. The zero-order chi connectivity index (χ0) is 5.54. The largest absolute Gasteiger partial charge is 0.377 e. The fraction of sp³-hybridized carbons (Fsp3) is 0.600.